The molecule has 6 heteroatoms. The van der Waals surface area contributed by atoms with E-state index in [0.29, 0.717) is 11.6 Å². The molecule has 3 aromatic carbocycles. The number of nitrogens with zero attached hydrogens (tertiary/aromatic N) is 3. The van der Waals surface area contributed by atoms with Crippen molar-refractivity contribution < 1.29 is 4.74 Å². The maximum atomic E-state index is 6.12. The van der Waals surface area contributed by atoms with Crippen molar-refractivity contribution in [3.05, 3.63) is 94.0 Å². The molecular formula is C24H22ClN3OS. The van der Waals surface area contributed by atoms with Crippen molar-refractivity contribution in [1.82, 2.24) is 5.01 Å². The minimum atomic E-state index is 0.605. The summed E-state index contributed by atoms with van der Waals surface area (Å²) in [5, 5.41) is 8.58. The number of rotatable bonds is 4. The SMILES string of the molecule is COc1ccc(CN2N=C(c3ccc(Cl)cc3)c3ccc(C)cc3N=C2SC)cc1. The van der Waals surface area contributed by atoms with Gasteiger partial charge in [0.15, 0.2) is 5.17 Å². The van der Waals surface area contributed by atoms with E-state index in [-0.39, 0.29) is 0 Å². The summed E-state index contributed by atoms with van der Waals surface area (Å²) in [6.07, 6.45) is 2.03. The van der Waals surface area contributed by atoms with Crippen molar-refractivity contribution >= 4 is 39.9 Å². The van der Waals surface area contributed by atoms with Crippen molar-refractivity contribution in [2.45, 2.75) is 13.5 Å². The van der Waals surface area contributed by atoms with Crippen molar-refractivity contribution in [1.29, 1.82) is 0 Å². The zero-order valence-corrected chi connectivity index (χ0v) is 18.7. The molecule has 0 aliphatic carbocycles. The first-order valence-corrected chi connectivity index (χ1v) is 11.2. The van der Waals surface area contributed by atoms with Gasteiger partial charge >= 0.3 is 0 Å². The molecule has 152 valence electrons. The van der Waals surface area contributed by atoms with Gasteiger partial charge in [-0.3, -0.25) is 0 Å². The number of aryl methyl sites for hydroxylation is 1. The molecule has 0 unspecified atom stereocenters. The number of thioether (sulfide) groups is 1. The van der Waals surface area contributed by atoms with E-state index in [9.17, 15) is 0 Å². The number of hydrogen-bond acceptors (Lipinski definition) is 5. The van der Waals surface area contributed by atoms with E-state index < -0.39 is 0 Å². The number of amidine groups is 1. The quantitative estimate of drug-likeness (QED) is 0.484. The van der Waals surface area contributed by atoms with E-state index in [1.54, 1.807) is 18.9 Å². The number of methoxy groups -OCH3 is 1. The van der Waals surface area contributed by atoms with Crippen LogP contribution in [0.3, 0.4) is 0 Å². The van der Waals surface area contributed by atoms with Crippen molar-refractivity contribution in [3.63, 3.8) is 0 Å². The molecule has 0 aromatic heterocycles. The molecule has 0 saturated carbocycles. The van der Waals surface area contributed by atoms with E-state index in [0.717, 1.165) is 44.6 Å². The Hall–Kier alpha value is -2.76. The van der Waals surface area contributed by atoms with Crippen LogP contribution in [0.25, 0.3) is 0 Å². The summed E-state index contributed by atoms with van der Waals surface area (Å²) >= 11 is 7.71. The fourth-order valence-corrected chi connectivity index (χ4v) is 3.92. The van der Waals surface area contributed by atoms with Gasteiger partial charge in [0.1, 0.15) is 11.5 Å². The highest BCUT2D eigenvalue weighted by Crippen LogP contribution is 2.30. The van der Waals surface area contributed by atoms with Crippen LogP contribution in [0.5, 0.6) is 5.75 Å². The molecule has 1 aliphatic rings. The standard InChI is InChI=1S/C24H22ClN3OS/c1-16-4-13-21-22(14-16)26-24(30-3)28(15-17-5-11-20(29-2)12-6-17)27-23(21)18-7-9-19(25)10-8-18/h4-14H,15H2,1-3H3. The molecule has 1 aliphatic heterocycles. The van der Waals surface area contributed by atoms with E-state index >= 15 is 0 Å². The van der Waals surface area contributed by atoms with Gasteiger partial charge in [0.05, 0.1) is 19.3 Å². The summed E-state index contributed by atoms with van der Waals surface area (Å²) in [4.78, 5) is 4.96. The second-order valence-electron chi connectivity index (χ2n) is 6.98. The number of fused-ring (bicyclic) bond motifs is 1. The van der Waals surface area contributed by atoms with Crippen LogP contribution >= 0.6 is 23.4 Å². The highest BCUT2D eigenvalue weighted by Gasteiger charge is 2.21. The van der Waals surface area contributed by atoms with Crippen LogP contribution in [0.15, 0.2) is 76.8 Å². The van der Waals surface area contributed by atoms with E-state index in [1.807, 2.05) is 47.7 Å². The zero-order chi connectivity index (χ0) is 21.1. The van der Waals surface area contributed by atoms with Gasteiger partial charge in [-0.25, -0.2) is 10.0 Å². The number of benzene rings is 3. The van der Waals surface area contributed by atoms with Gasteiger partial charge in [0.25, 0.3) is 0 Å². The summed E-state index contributed by atoms with van der Waals surface area (Å²) in [6, 6.07) is 22.1. The number of hydrogen-bond donors (Lipinski definition) is 0. The van der Waals surface area contributed by atoms with E-state index in [4.69, 9.17) is 26.4 Å². The van der Waals surface area contributed by atoms with Crippen LogP contribution < -0.4 is 4.74 Å². The molecular weight excluding hydrogens is 414 g/mol. The Morgan fingerprint density at radius 3 is 2.40 bits per heavy atom. The molecule has 3 aromatic rings. The van der Waals surface area contributed by atoms with Gasteiger partial charge in [-0.15, -0.1) is 0 Å². The molecule has 30 heavy (non-hydrogen) atoms. The van der Waals surface area contributed by atoms with E-state index in [1.165, 1.54) is 0 Å². The van der Waals surface area contributed by atoms with Crippen LogP contribution in [-0.4, -0.2) is 29.3 Å². The lowest BCUT2D eigenvalue weighted by Gasteiger charge is -2.20. The molecule has 0 fully saturated rings. The van der Waals surface area contributed by atoms with Gasteiger partial charge in [-0.1, -0.05) is 59.8 Å². The Balaban J connectivity index is 1.82. The number of hydrazone groups is 1. The molecule has 0 saturated heterocycles. The normalized spacial score (nSPS) is 13.3. The number of halogens is 1. The van der Waals surface area contributed by atoms with Gasteiger partial charge in [0, 0.05) is 16.1 Å². The predicted octanol–water partition coefficient (Wildman–Crippen LogP) is 6.28. The fourth-order valence-electron chi connectivity index (χ4n) is 3.29. The third-order valence-electron chi connectivity index (χ3n) is 4.86. The second kappa shape index (κ2) is 8.94. The third kappa shape index (κ3) is 4.37. The Bertz CT molecular complexity index is 1110. The minimum Gasteiger partial charge on any atom is -0.497 e. The molecule has 0 amide bonds. The first kappa shape index (κ1) is 20.5. The van der Waals surface area contributed by atoms with Gasteiger partial charge in [-0.2, -0.15) is 5.10 Å². The molecule has 1 heterocycles. The monoisotopic (exact) mass is 435 g/mol. The minimum absolute atomic E-state index is 0.605. The number of ether oxygens (including phenoxy) is 1. The summed E-state index contributed by atoms with van der Waals surface area (Å²) in [5.74, 6) is 0.835. The molecule has 0 atom stereocenters. The Morgan fingerprint density at radius 2 is 1.73 bits per heavy atom. The fraction of sp³-hybridized carbons (Fsp3) is 0.167. The van der Waals surface area contributed by atoms with Crippen LogP contribution in [0.4, 0.5) is 5.69 Å². The average Bonchev–Trinajstić information content (AvgIpc) is 2.91. The van der Waals surface area contributed by atoms with Gasteiger partial charge in [-0.05, 0) is 54.6 Å². The Labute approximate surface area is 186 Å². The Kier molecular flexibility index (Phi) is 6.11. The average molecular weight is 436 g/mol. The maximum Gasteiger partial charge on any atom is 0.185 e. The highest BCUT2D eigenvalue weighted by atomic mass is 35.5. The molecule has 4 rings (SSSR count). The van der Waals surface area contributed by atoms with Crippen LogP contribution in [0.1, 0.15) is 22.3 Å². The van der Waals surface area contributed by atoms with Crippen molar-refractivity contribution in [2.24, 2.45) is 10.1 Å². The molecule has 0 bridgehead atoms. The van der Waals surface area contributed by atoms with Crippen LogP contribution in [0, 0.1) is 6.92 Å². The third-order valence-corrected chi connectivity index (χ3v) is 5.78. The van der Waals surface area contributed by atoms with Gasteiger partial charge < -0.3 is 4.74 Å². The number of aliphatic imine (C=N–C) groups is 1. The summed E-state index contributed by atoms with van der Waals surface area (Å²) < 4.78 is 5.28. The van der Waals surface area contributed by atoms with Crippen molar-refractivity contribution in [2.75, 3.05) is 13.4 Å². The largest absolute Gasteiger partial charge is 0.497 e. The lowest BCUT2D eigenvalue weighted by atomic mass is 9.99. The summed E-state index contributed by atoms with van der Waals surface area (Å²) in [6.45, 7) is 2.68. The Morgan fingerprint density at radius 1 is 1.00 bits per heavy atom. The predicted molar refractivity (Wildman–Crippen MR) is 127 cm³/mol. The summed E-state index contributed by atoms with van der Waals surface area (Å²) in [5.41, 5.74) is 6.10. The summed E-state index contributed by atoms with van der Waals surface area (Å²) in [7, 11) is 1.67. The first-order chi connectivity index (χ1) is 14.6. The zero-order valence-electron chi connectivity index (χ0n) is 17.1. The lowest BCUT2D eigenvalue weighted by Crippen LogP contribution is -2.23. The molecule has 4 nitrogen and oxygen atoms in total. The topological polar surface area (TPSA) is 37.2 Å². The maximum absolute atomic E-state index is 6.12. The molecule has 0 N–H and O–H groups in total. The highest BCUT2D eigenvalue weighted by molar-refractivity contribution is 8.13. The second-order valence-corrected chi connectivity index (χ2v) is 8.19. The van der Waals surface area contributed by atoms with E-state index in [2.05, 4.69) is 37.3 Å². The smallest absolute Gasteiger partial charge is 0.185 e. The van der Waals surface area contributed by atoms with Gasteiger partial charge in [0.2, 0.25) is 0 Å². The molecule has 0 spiro atoms. The van der Waals surface area contributed by atoms with Crippen LogP contribution in [-0.2, 0) is 6.54 Å². The van der Waals surface area contributed by atoms with Crippen molar-refractivity contribution in [3.8, 4) is 5.75 Å². The van der Waals surface area contributed by atoms with Crippen LogP contribution in [0.2, 0.25) is 5.02 Å². The lowest BCUT2D eigenvalue weighted by molar-refractivity contribution is 0.413. The first-order valence-electron chi connectivity index (χ1n) is 9.56. The molecule has 0 radical (unpaired) electrons.